The van der Waals surface area contributed by atoms with Gasteiger partial charge in [-0.25, -0.2) is 0 Å². The number of carbonyl (C=O) groups excluding carboxylic acids is 2. The van der Waals surface area contributed by atoms with Crippen molar-refractivity contribution < 1.29 is 19.1 Å². The Bertz CT molecular complexity index is 1410. The van der Waals surface area contributed by atoms with Crippen LogP contribution in [0.4, 0.5) is 0 Å². The van der Waals surface area contributed by atoms with Crippen molar-refractivity contribution in [2.75, 3.05) is 0 Å². The first kappa shape index (κ1) is 25.5. The molecular formula is C34H32O4. The third kappa shape index (κ3) is 4.74. The molecule has 0 aliphatic heterocycles. The molecule has 38 heavy (non-hydrogen) atoms. The van der Waals surface area contributed by atoms with Gasteiger partial charge in [-0.05, 0) is 58.4 Å². The number of carbonyl (C=O) groups is 2. The van der Waals surface area contributed by atoms with Crippen molar-refractivity contribution >= 4 is 11.6 Å². The van der Waals surface area contributed by atoms with Crippen LogP contribution >= 0.6 is 0 Å². The summed E-state index contributed by atoms with van der Waals surface area (Å²) in [5.41, 5.74) is 3.57. The summed E-state index contributed by atoms with van der Waals surface area (Å²) in [5.74, 6) is 1.41. The standard InChI is InChI=1S/C34H32O4/c1-33(2,3)21-13-17-23(18-14-21)37-27-11-7-9-25-29(27)31(35)26-10-8-12-28(30(26)32(25)36)38-24-19-15-22(16-20-24)34(4,5)6/h7-20H,1-6H3. The van der Waals surface area contributed by atoms with Gasteiger partial charge in [0.2, 0.25) is 0 Å². The maximum atomic E-state index is 13.7. The zero-order chi connectivity index (χ0) is 27.2. The van der Waals surface area contributed by atoms with Crippen LogP contribution in [0.25, 0.3) is 0 Å². The number of hydrogen-bond acceptors (Lipinski definition) is 4. The van der Waals surface area contributed by atoms with Crippen LogP contribution in [0.1, 0.15) is 84.5 Å². The molecular weight excluding hydrogens is 472 g/mol. The Kier molecular flexibility index (Phi) is 6.22. The number of hydrogen-bond donors (Lipinski definition) is 0. The highest BCUT2D eigenvalue weighted by Crippen LogP contribution is 2.40. The summed E-state index contributed by atoms with van der Waals surface area (Å²) in [6.07, 6.45) is 0. The fraction of sp³-hybridized carbons (Fsp3) is 0.235. The monoisotopic (exact) mass is 504 g/mol. The Morgan fingerprint density at radius 3 is 1.13 bits per heavy atom. The lowest BCUT2D eigenvalue weighted by Crippen LogP contribution is -2.22. The Morgan fingerprint density at radius 1 is 0.474 bits per heavy atom. The summed E-state index contributed by atoms with van der Waals surface area (Å²) in [7, 11) is 0. The molecule has 0 spiro atoms. The zero-order valence-corrected chi connectivity index (χ0v) is 22.7. The van der Waals surface area contributed by atoms with Crippen LogP contribution in [0.2, 0.25) is 0 Å². The number of ketones is 2. The van der Waals surface area contributed by atoms with Crippen LogP contribution in [0, 0.1) is 0 Å². The van der Waals surface area contributed by atoms with Gasteiger partial charge in [0.1, 0.15) is 23.0 Å². The van der Waals surface area contributed by atoms with Gasteiger partial charge in [0.25, 0.3) is 0 Å². The molecule has 0 saturated heterocycles. The zero-order valence-electron chi connectivity index (χ0n) is 22.7. The summed E-state index contributed by atoms with van der Waals surface area (Å²) in [5, 5.41) is 0. The average Bonchev–Trinajstić information content (AvgIpc) is 2.87. The van der Waals surface area contributed by atoms with Crippen molar-refractivity contribution in [3.63, 3.8) is 0 Å². The van der Waals surface area contributed by atoms with Gasteiger partial charge in [-0.3, -0.25) is 9.59 Å². The second-order valence-corrected chi connectivity index (χ2v) is 11.8. The third-order valence-corrected chi connectivity index (χ3v) is 6.89. The lowest BCUT2D eigenvalue weighted by atomic mass is 9.83. The summed E-state index contributed by atoms with van der Waals surface area (Å²) in [4.78, 5) is 27.4. The van der Waals surface area contributed by atoms with E-state index >= 15 is 0 Å². The van der Waals surface area contributed by atoms with E-state index in [1.54, 1.807) is 36.4 Å². The smallest absolute Gasteiger partial charge is 0.198 e. The van der Waals surface area contributed by atoms with Gasteiger partial charge < -0.3 is 9.47 Å². The van der Waals surface area contributed by atoms with Crippen LogP contribution in [0.15, 0.2) is 84.9 Å². The van der Waals surface area contributed by atoms with Crippen molar-refractivity contribution in [2.45, 2.75) is 52.4 Å². The molecule has 0 unspecified atom stereocenters. The van der Waals surface area contributed by atoms with Gasteiger partial charge in [0, 0.05) is 11.1 Å². The second kappa shape index (κ2) is 9.29. The van der Waals surface area contributed by atoms with E-state index in [1.165, 1.54) is 11.1 Å². The number of benzene rings is 4. The van der Waals surface area contributed by atoms with Crippen molar-refractivity contribution in [1.82, 2.24) is 0 Å². The van der Waals surface area contributed by atoms with E-state index in [4.69, 9.17) is 9.47 Å². The van der Waals surface area contributed by atoms with E-state index in [2.05, 4.69) is 41.5 Å². The molecule has 4 aromatic rings. The average molecular weight is 505 g/mol. The van der Waals surface area contributed by atoms with Crippen molar-refractivity contribution in [2.24, 2.45) is 0 Å². The van der Waals surface area contributed by atoms with Gasteiger partial charge >= 0.3 is 0 Å². The largest absolute Gasteiger partial charge is 0.457 e. The number of ether oxygens (including phenoxy) is 2. The summed E-state index contributed by atoms with van der Waals surface area (Å²) in [6.45, 7) is 12.9. The van der Waals surface area contributed by atoms with Gasteiger partial charge in [-0.15, -0.1) is 0 Å². The Hall–Kier alpha value is -4.18. The quantitative estimate of drug-likeness (QED) is 0.246. The minimum atomic E-state index is -0.259. The van der Waals surface area contributed by atoms with Crippen LogP contribution in [-0.4, -0.2) is 11.6 Å². The van der Waals surface area contributed by atoms with Crippen molar-refractivity contribution in [1.29, 1.82) is 0 Å². The molecule has 4 nitrogen and oxygen atoms in total. The molecule has 0 heterocycles. The molecule has 0 atom stereocenters. The molecule has 1 aliphatic carbocycles. The number of fused-ring (bicyclic) bond motifs is 2. The maximum Gasteiger partial charge on any atom is 0.198 e. The third-order valence-electron chi connectivity index (χ3n) is 6.89. The fourth-order valence-electron chi connectivity index (χ4n) is 4.65. The second-order valence-electron chi connectivity index (χ2n) is 11.8. The van der Waals surface area contributed by atoms with Crippen molar-refractivity contribution in [3.8, 4) is 23.0 Å². The van der Waals surface area contributed by atoms with E-state index in [1.807, 2.05) is 48.5 Å². The molecule has 0 bridgehead atoms. The summed E-state index contributed by atoms with van der Waals surface area (Å²) >= 11 is 0. The lowest BCUT2D eigenvalue weighted by Gasteiger charge is -2.23. The lowest BCUT2D eigenvalue weighted by molar-refractivity contribution is 0.0975. The Morgan fingerprint density at radius 2 is 0.816 bits per heavy atom. The first-order chi connectivity index (χ1) is 17.9. The highest BCUT2D eigenvalue weighted by Gasteiger charge is 2.35. The molecule has 0 fully saturated rings. The molecule has 0 N–H and O–H groups in total. The predicted octanol–water partition coefficient (Wildman–Crippen LogP) is 8.64. The Balaban J connectivity index is 1.48. The number of rotatable bonds is 4. The minimum Gasteiger partial charge on any atom is -0.457 e. The van der Waals surface area contributed by atoms with E-state index in [-0.39, 0.29) is 33.5 Å². The molecule has 192 valence electrons. The van der Waals surface area contributed by atoms with Crippen LogP contribution < -0.4 is 9.47 Å². The molecule has 1 aliphatic rings. The minimum absolute atomic E-state index is 0.0188. The predicted molar refractivity (Wildman–Crippen MR) is 150 cm³/mol. The SMILES string of the molecule is CC(C)(C)c1ccc(Oc2cccc3c2C(=O)c2cccc(Oc4ccc(C(C)(C)C)cc4)c2C3=O)cc1. The molecule has 4 aromatic carbocycles. The van der Waals surface area contributed by atoms with Gasteiger partial charge in [0.15, 0.2) is 11.6 Å². The topological polar surface area (TPSA) is 52.6 Å². The van der Waals surface area contributed by atoms with E-state index in [0.29, 0.717) is 34.1 Å². The van der Waals surface area contributed by atoms with Gasteiger partial charge in [-0.1, -0.05) is 90.1 Å². The molecule has 5 rings (SSSR count). The van der Waals surface area contributed by atoms with Crippen molar-refractivity contribution in [3.05, 3.63) is 118 Å². The molecule has 0 amide bonds. The van der Waals surface area contributed by atoms with Crippen LogP contribution in [0.3, 0.4) is 0 Å². The van der Waals surface area contributed by atoms with E-state index in [9.17, 15) is 9.59 Å². The molecule has 0 saturated carbocycles. The molecule has 4 heteroatoms. The summed E-state index contributed by atoms with van der Waals surface area (Å²) < 4.78 is 12.3. The fourth-order valence-corrected chi connectivity index (χ4v) is 4.65. The highest BCUT2D eigenvalue weighted by molar-refractivity contribution is 6.30. The van der Waals surface area contributed by atoms with Crippen LogP contribution in [-0.2, 0) is 10.8 Å². The van der Waals surface area contributed by atoms with Gasteiger partial charge in [0.05, 0.1) is 11.1 Å². The summed E-state index contributed by atoms with van der Waals surface area (Å²) in [6, 6.07) is 25.9. The molecule has 0 aromatic heterocycles. The normalized spacial score (nSPS) is 13.1. The maximum absolute atomic E-state index is 13.7. The molecule has 0 radical (unpaired) electrons. The van der Waals surface area contributed by atoms with E-state index < -0.39 is 0 Å². The first-order valence-corrected chi connectivity index (χ1v) is 12.9. The van der Waals surface area contributed by atoms with Crippen LogP contribution in [0.5, 0.6) is 23.0 Å². The highest BCUT2D eigenvalue weighted by atomic mass is 16.5. The Labute approximate surface area is 224 Å². The first-order valence-electron chi connectivity index (χ1n) is 12.9. The van der Waals surface area contributed by atoms with Gasteiger partial charge in [-0.2, -0.15) is 0 Å². The van der Waals surface area contributed by atoms with E-state index in [0.717, 1.165) is 0 Å².